The lowest BCUT2D eigenvalue weighted by Crippen LogP contribution is -2.15. The molecule has 2 rings (SSSR count). The smallest absolute Gasteiger partial charge is 0.234 e. The Hall–Kier alpha value is -2.14. The van der Waals surface area contributed by atoms with Crippen molar-refractivity contribution in [2.75, 3.05) is 30.0 Å². The standard InChI is InChI=1S/C19H23NO3S/c1-3-22-17-9-7-16(8-10-17)20-19(21)14-24-12-11-23-18-6-4-5-15(2)13-18/h4-10,13H,3,11-12,14H2,1-2H3,(H,20,21). The van der Waals surface area contributed by atoms with E-state index in [1.807, 2.05) is 62.4 Å². The fourth-order valence-corrected chi connectivity index (χ4v) is 2.69. The molecule has 24 heavy (non-hydrogen) atoms. The van der Waals surface area contributed by atoms with Gasteiger partial charge in [-0.1, -0.05) is 12.1 Å². The largest absolute Gasteiger partial charge is 0.494 e. The fraction of sp³-hybridized carbons (Fsp3) is 0.316. The van der Waals surface area contributed by atoms with Gasteiger partial charge in [-0.15, -0.1) is 11.8 Å². The maximum absolute atomic E-state index is 11.9. The van der Waals surface area contributed by atoms with Crippen molar-refractivity contribution < 1.29 is 14.3 Å². The Labute approximate surface area is 147 Å². The van der Waals surface area contributed by atoms with Crippen LogP contribution >= 0.6 is 11.8 Å². The molecule has 4 nitrogen and oxygen atoms in total. The van der Waals surface area contributed by atoms with Crippen molar-refractivity contribution in [1.29, 1.82) is 0 Å². The number of nitrogens with one attached hydrogen (secondary N) is 1. The number of hydrogen-bond acceptors (Lipinski definition) is 4. The summed E-state index contributed by atoms with van der Waals surface area (Å²) in [7, 11) is 0. The second-order valence-corrected chi connectivity index (χ2v) is 6.33. The number of amides is 1. The third kappa shape index (κ3) is 6.54. The maximum atomic E-state index is 11.9. The molecule has 0 spiro atoms. The van der Waals surface area contributed by atoms with E-state index in [4.69, 9.17) is 9.47 Å². The lowest BCUT2D eigenvalue weighted by Gasteiger charge is -2.08. The van der Waals surface area contributed by atoms with E-state index in [0.717, 1.165) is 22.9 Å². The molecule has 128 valence electrons. The summed E-state index contributed by atoms with van der Waals surface area (Å²) in [5, 5.41) is 2.87. The Balaban J connectivity index is 1.62. The third-order valence-corrected chi connectivity index (χ3v) is 4.09. The predicted octanol–water partition coefficient (Wildman–Crippen LogP) is 4.14. The van der Waals surface area contributed by atoms with Crippen LogP contribution in [0, 0.1) is 6.92 Å². The molecule has 0 bridgehead atoms. The van der Waals surface area contributed by atoms with Gasteiger partial charge in [-0.3, -0.25) is 4.79 Å². The van der Waals surface area contributed by atoms with Gasteiger partial charge in [0.25, 0.3) is 0 Å². The SMILES string of the molecule is CCOc1ccc(NC(=O)CSCCOc2cccc(C)c2)cc1. The van der Waals surface area contributed by atoms with E-state index in [1.165, 1.54) is 5.56 Å². The van der Waals surface area contributed by atoms with Crippen LogP contribution in [0.1, 0.15) is 12.5 Å². The number of carbonyl (C=O) groups is 1. The number of thioether (sulfide) groups is 1. The Morgan fingerprint density at radius 1 is 1.08 bits per heavy atom. The average Bonchev–Trinajstić information content (AvgIpc) is 2.57. The maximum Gasteiger partial charge on any atom is 0.234 e. The molecular weight excluding hydrogens is 322 g/mol. The van der Waals surface area contributed by atoms with Crippen LogP contribution in [0.25, 0.3) is 0 Å². The van der Waals surface area contributed by atoms with E-state index in [9.17, 15) is 4.79 Å². The van der Waals surface area contributed by atoms with Gasteiger partial charge in [0.1, 0.15) is 11.5 Å². The average molecular weight is 345 g/mol. The number of carbonyl (C=O) groups excluding carboxylic acids is 1. The summed E-state index contributed by atoms with van der Waals surface area (Å²) < 4.78 is 11.0. The van der Waals surface area contributed by atoms with Crippen LogP contribution in [0.3, 0.4) is 0 Å². The van der Waals surface area contributed by atoms with Crippen LogP contribution < -0.4 is 14.8 Å². The second kappa shape index (κ2) is 9.88. The van der Waals surface area contributed by atoms with Crippen LogP contribution in [0.4, 0.5) is 5.69 Å². The molecule has 1 amide bonds. The van der Waals surface area contributed by atoms with E-state index < -0.39 is 0 Å². The van der Waals surface area contributed by atoms with E-state index >= 15 is 0 Å². The van der Waals surface area contributed by atoms with Crippen molar-refractivity contribution in [3.05, 3.63) is 54.1 Å². The van der Waals surface area contributed by atoms with E-state index in [1.54, 1.807) is 11.8 Å². The monoisotopic (exact) mass is 345 g/mol. The zero-order valence-corrected chi connectivity index (χ0v) is 14.9. The highest BCUT2D eigenvalue weighted by Crippen LogP contribution is 2.16. The third-order valence-electron chi connectivity index (χ3n) is 3.17. The summed E-state index contributed by atoms with van der Waals surface area (Å²) in [5.41, 5.74) is 1.95. The highest BCUT2D eigenvalue weighted by atomic mass is 32.2. The molecule has 5 heteroatoms. The Kier molecular flexibility index (Phi) is 7.49. The molecule has 0 saturated carbocycles. The molecule has 0 aliphatic rings. The van der Waals surface area contributed by atoms with Crippen molar-refractivity contribution in [3.8, 4) is 11.5 Å². The molecule has 0 heterocycles. The zero-order valence-electron chi connectivity index (χ0n) is 14.1. The number of hydrogen-bond donors (Lipinski definition) is 1. The number of ether oxygens (including phenoxy) is 2. The minimum atomic E-state index is -0.0142. The summed E-state index contributed by atoms with van der Waals surface area (Å²) in [5.74, 6) is 2.84. The first-order chi connectivity index (χ1) is 11.7. The van der Waals surface area contributed by atoms with Crippen LogP contribution in [-0.2, 0) is 4.79 Å². The number of benzene rings is 2. The molecule has 0 aliphatic carbocycles. The van der Waals surface area contributed by atoms with Crippen LogP contribution in [0.2, 0.25) is 0 Å². The van der Waals surface area contributed by atoms with E-state index in [0.29, 0.717) is 19.0 Å². The summed E-state index contributed by atoms with van der Waals surface area (Å²) in [4.78, 5) is 11.9. The number of aryl methyl sites for hydroxylation is 1. The fourth-order valence-electron chi connectivity index (χ4n) is 2.09. The van der Waals surface area contributed by atoms with Crippen molar-refractivity contribution >= 4 is 23.4 Å². The first-order valence-electron chi connectivity index (χ1n) is 7.97. The Bertz CT molecular complexity index is 643. The Morgan fingerprint density at radius 3 is 2.58 bits per heavy atom. The van der Waals surface area contributed by atoms with Gasteiger partial charge < -0.3 is 14.8 Å². The van der Waals surface area contributed by atoms with Gasteiger partial charge in [0.05, 0.1) is 19.0 Å². The molecule has 0 unspecified atom stereocenters. The molecular formula is C19H23NO3S. The van der Waals surface area contributed by atoms with Crippen LogP contribution in [0.5, 0.6) is 11.5 Å². The molecule has 2 aromatic rings. The van der Waals surface area contributed by atoms with Gasteiger partial charge in [-0.05, 0) is 55.8 Å². The topological polar surface area (TPSA) is 47.6 Å². The highest BCUT2D eigenvalue weighted by Gasteiger charge is 2.03. The van der Waals surface area contributed by atoms with E-state index in [-0.39, 0.29) is 5.91 Å². The quantitative estimate of drug-likeness (QED) is 0.694. The molecule has 0 radical (unpaired) electrons. The van der Waals surface area contributed by atoms with Gasteiger partial charge in [-0.2, -0.15) is 0 Å². The van der Waals surface area contributed by atoms with Crippen molar-refractivity contribution in [2.24, 2.45) is 0 Å². The Morgan fingerprint density at radius 2 is 1.88 bits per heavy atom. The normalized spacial score (nSPS) is 10.2. The first kappa shape index (κ1) is 18.2. The summed E-state index contributed by atoms with van der Waals surface area (Å²) in [6.07, 6.45) is 0. The molecule has 1 N–H and O–H groups in total. The van der Waals surface area contributed by atoms with Gasteiger partial charge in [-0.25, -0.2) is 0 Å². The van der Waals surface area contributed by atoms with Gasteiger partial charge in [0.15, 0.2) is 0 Å². The van der Waals surface area contributed by atoms with Gasteiger partial charge in [0, 0.05) is 11.4 Å². The molecule has 0 fully saturated rings. The summed E-state index contributed by atoms with van der Waals surface area (Å²) >= 11 is 1.55. The van der Waals surface area contributed by atoms with Gasteiger partial charge in [0.2, 0.25) is 5.91 Å². The van der Waals surface area contributed by atoms with Crippen molar-refractivity contribution in [1.82, 2.24) is 0 Å². The molecule has 0 saturated heterocycles. The summed E-state index contributed by atoms with van der Waals surface area (Å²) in [6, 6.07) is 15.3. The number of rotatable bonds is 9. The highest BCUT2D eigenvalue weighted by molar-refractivity contribution is 7.99. The van der Waals surface area contributed by atoms with Crippen molar-refractivity contribution in [2.45, 2.75) is 13.8 Å². The molecule has 0 aromatic heterocycles. The zero-order chi connectivity index (χ0) is 17.2. The van der Waals surface area contributed by atoms with Crippen LogP contribution in [-0.4, -0.2) is 30.6 Å². The molecule has 0 atom stereocenters. The minimum Gasteiger partial charge on any atom is -0.494 e. The first-order valence-corrected chi connectivity index (χ1v) is 9.13. The molecule has 2 aromatic carbocycles. The predicted molar refractivity (Wildman–Crippen MR) is 100 cm³/mol. The summed E-state index contributed by atoms with van der Waals surface area (Å²) in [6.45, 7) is 5.19. The minimum absolute atomic E-state index is 0.0142. The van der Waals surface area contributed by atoms with E-state index in [2.05, 4.69) is 5.32 Å². The lowest BCUT2D eigenvalue weighted by atomic mass is 10.2. The lowest BCUT2D eigenvalue weighted by molar-refractivity contribution is -0.113. The van der Waals surface area contributed by atoms with Crippen LogP contribution in [0.15, 0.2) is 48.5 Å². The number of anilines is 1. The van der Waals surface area contributed by atoms with Crippen molar-refractivity contribution in [3.63, 3.8) is 0 Å². The second-order valence-electron chi connectivity index (χ2n) is 5.22. The molecule has 0 aliphatic heterocycles. The van der Waals surface area contributed by atoms with Gasteiger partial charge >= 0.3 is 0 Å².